The lowest BCUT2D eigenvalue weighted by Gasteiger charge is -2.24. The summed E-state index contributed by atoms with van der Waals surface area (Å²) in [5, 5.41) is 10.2. The predicted molar refractivity (Wildman–Crippen MR) is 126 cm³/mol. The van der Waals surface area contributed by atoms with Crippen molar-refractivity contribution in [3.05, 3.63) is 47.5 Å². The van der Waals surface area contributed by atoms with Crippen molar-refractivity contribution < 1.29 is 14.6 Å². The Balaban J connectivity index is 1.91. The van der Waals surface area contributed by atoms with Gasteiger partial charge in [-0.2, -0.15) is 0 Å². The number of hydrogen-bond acceptors (Lipinski definition) is 5. The van der Waals surface area contributed by atoms with Crippen LogP contribution in [0.3, 0.4) is 0 Å². The molecule has 6 heteroatoms. The van der Waals surface area contributed by atoms with Gasteiger partial charge in [-0.15, -0.1) is 11.8 Å². The third-order valence-corrected chi connectivity index (χ3v) is 6.26. The van der Waals surface area contributed by atoms with E-state index in [0.29, 0.717) is 5.75 Å². The number of thioether (sulfide) groups is 1. The summed E-state index contributed by atoms with van der Waals surface area (Å²) in [6.07, 6.45) is 3.82. The molecule has 0 atom stereocenters. The van der Waals surface area contributed by atoms with Gasteiger partial charge >= 0.3 is 0 Å². The zero-order chi connectivity index (χ0) is 21.9. The largest absolute Gasteiger partial charge is 0.508 e. The molecule has 30 heavy (non-hydrogen) atoms. The Morgan fingerprint density at radius 2 is 1.83 bits per heavy atom. The molecule has 0 aromatic heterocycles. The molecule has 0 unspecified atom stereocenters. The normalized spacial score (nSPS) is 10.7. The van der Waals surface area contributed by atoms with Gasteiger partial charge in [0.1, 0.15) is 11.5 Å². The molecule has 0 radical (unpaired) electrons. The summed E-state index contributed by atoms with van der Waals surface area (Å²) in [5.74, 6) is 1.80. The van der Waals surface area contributed by atoms with Crippen molar-refractivity contribution in [3.8, 4) is 11.5 Å². The molecule has 0 bridgehead atoms. The maximum Gasteiger partial charge on any atom is 0.209 e. The smallest absolute Gasteiger partial charge is 0.209 e. The number of nitrogens with zero attached hydrogens (tertiary/aromatic N) is 2. The van der Waals surface area contributed by atoms with Crippen molar-refractivity contribution in [1.29, 1.82) is 0 Å². The summed E-state index contributed by atoms with van der Waals surface area (Å²) in [6, 6.07) is 12.3. The number of carbonyl (C=O) groups excluding carboxylic acids is 1. The minimum absolute atomic E-state index is 0.299. The number of carbonyl (C=O) groups is 1. The highest BCUT2D eigenvalue weighted by Crippen LogP contribution is 2.33. The van der Waals surface area contributed by atoms with Gasteiger partial charge in [-0.3, -0.25) is 4.79 Å². The van der Waals surface area contributed by atoms with Crippen LogP contribution in [-0.4, -0.2) is 50.2 Å². The van der Waals surface area contributed by atoms with E-state index < -0.39 is 0 Å². The third-order valence-electron chi connectivity index (χ3n) is 5.17. The highest BCUT2D eigenvalue weighted by Gasteiger charge is 2.10. The molecule has 5 nitrogen and oxygen atoms in total. The lowest BCUT2D eigenvalue weighted by atomic mass is 10.1. The second-order valence-electron chi connectivity index (χ2n) is 7.35. The second-order valence-corrected chi connectivity index (χ2v) is 8.40. The molecule has 0 aliphatic rings. The summed E-state index contributed by atoms with van der Waals surface area (Å²) >= 11 is 1.73. The van der Waals surface area contributed by atoms with E-state index in [-0.39, 0.29) is 0 Å². The standard InChI is InChI=1S/C24H34N2O3S/c1-5-7-12-26(18-27)14-13-25(3)20-8-10-21(11-9-20)30-17-19-15-23(28)22(6-2)24(16-19)29-4/h8-11,15-16,18,28H,5-7,12-14,17H2,1-4H3. The van der Waals surface area contributed by atoms with Crippen LogP contribution in [0.2, 0.25) is 0 Å². The number of phenolic OH excluding ortho intramolecular Hbond substituents is 1. The van der Waals surface area contributed by atoms with Crippen LogP contribution < -0.4 is 9.64 Å². The number of amides is 1. The summed E-state index contributed by atoms with van der Waals surface area (Å²) in [5.41, 5.74) is 3.02. The number of ether oxygens (including phenoxy) is 1. The van der Waals surface area contributed by atoms with Crippen LogP contribution in [0.4, 0.5) is 5.69 Å². The Labute approximate surface area is 185 Å². The van der Waals surface area contributed by atoms with Gasteiger partial charge in [0, 0.05) is 48.6 Å². The molecule has 0 spiro atoms. The molecule has 0 heterocycles. The van der Waals surface area contributed by atoms with E-state index in [0.717, 1.165) is 73.6 Å². The molecule has 1 amide bonds. The van der Waals surface area contributed by atoms with Crippen molar-refractivity contribution in [2.45, 2.75) is 43.8 Å². The number of anilines is 1. The third kappa shape index (κ3) is 6.87. The lowest BCUT2D eigenvalue weighted by Crippen LogP contribution is -2.33. The predicted octanol–water partition coefficient (Wildman–Crippen LogP) is 4.95. The summed E-state index contributed by atoms with van der Waals surface area (Å²) in [4.78, 5) is 16.4. The van der Waals surface area contributed by atoms with Crippen LogP contribution >= 0.6 is 11.8 Å². The monoisotopic (exact) mass is 430 g/mol. The Kier molecular flexibility index (Phi) is 9.87. The van der Waals surface area contributed by atoms with Crippen molar-refractivity contribution in [2.75, 3.05) is 38.7 Å². The SMILES string of the molecule is CCCCN(C=O)CCN(C)c1ccc(SCc2cc(O)c(CC)c(OC)c2)cc1. The van der Waals surface area contributed by atoms with Crippen LogP contribution in [0.25, 0.3) is 0 Å². The number of phenols is 1. The molecular formula is C24H34N2O3S. The molecule has 2 aromatic carbocycles. The van der Waals surface area contributed by atoms with Gasteiger partial charge < -0.3 is 19.6 Å². The van der Waals surface area contributed by atoms with Crippen molar-refractivity contribution in [3.63, 3.8) is 0 Å². The number of aromatic hydroxyl groups is 1. The second kappa shape index (κ2) is 12.4. The zero-order valence-electron chi connectivity index (χ0n) is 18.6. The average Bonchev–Trinajstić information content (AvgIpc) is 2.77. The molecule has 0 saturated carbocycles. The fourth-order valence-corrected chi connectivity index (χ4v) is 4.08. The summed E-state index contributed by atoms with van der Waals surface area (Å²) < 4.78 is 5.42. The van der Waals surface area contributed by atoms with E-state index in [1.54, 1.807) is 18.9 Å². The number of hydrogen-bond donors (Lipinski definition) is 1. The Morgan fingerprint density at radius 1 is 1.10 bits per heavy atom. The molecule has 164 valence electrons. The first kappa shape index (κ1) is 23.9. The molecule has 0 saturated heterocycles. The fraction of sp³-hybridized carbons (Fsp3) is 0.458. The zero-order valence-corrected chi connectivity index (χ0v) is 19.4. The number of unbranched alkanes of at least 4 members (excludes halogenated alkanes) is 1. The van der Waals surface area contributed by atoms with E-state index in [1.165, 1.54) is 4.90 Å². The van der Waals surface area contributed by atoms with Gasteiger partial charge in [0.05, 0.1) is 7.11 Å². The van der Waals surface area contributed by atoms with E-state index in [1.807, 2.05) is 24.0 Å². The first-order chi connectivity index (χ1) is 14.5. The van der Waals surface area contributed by atoms with Crippen LogP contribution in [0.1, 0.15) is 37.8 Å². The average molecular weight is 431 g/mol. The number of methoxy groups -OCH3 is 1. The quantitative estimate of drug-likeness (QED) is 0.360. The van der Waals surface area contributed by atoms with Gasteiger partial charge in [0.2, 0.25) is 6.41 Å². The van der Waals surface area contributed by atoms with E-state index in [9.17, 15) is 9.90 Å². The van der Waals surface area contributed by atoms with Crippen molar-refractivity contribution in [1.82, 2.24) is 4.90 Å². The van der Waals surface area contributed by atoms with E-state index >= 15 is 0 Å². The highest BCUT2D eigenvalue weighted by molar-refractivity contribution is 7.98. The molecule has 0 aliphatic heterocycles. The van der Waals surface area contributed by atoms with Gasteiger partial charge in [-0.05, 0) is 54.8 Å². The fourth-order valence-electron chi connectivity index (χ4n) is 3.26. The van der Waals surface area contributed by atoms with Crippen LogP contribution in [0.15, 0.2) is 41.3 Å². The van der Waals surface area contributed by atoms with Gasteiger partial charge in [-0.1, -0.05) is 20.3 Å². The molecule has 1 N–H and O–H groups in total. The maximum absolute atomic E-state index is 11.2. The van der Waals surface area contributed by atoms with Crippen LogP contribution in [0.5, 0.6) is 11.5 Å². The topological polar surface area (TPSA) is 53.0 Å². The van der Waals surface area contributed by atoms with Crippen LogP contribution in [0, 0.1) is 0 Å². The molecule has 0 fully saturated rings. The number of likely N-dealkylation sites (N-methyl/N-ethyl adjacent to an activating group) is 1. The van der Waals surface area contributed by atoms with Gasteiger partial charge in [-0.25, -0.2) is 0 Å². The van der Waals surface area contributed by atoms with Crippen LogP contribution in [-0.2, 0) is 17.0 Å². The Hall–Kier alpha value is -2.34. The Bertz CT molecular complexity index is 796. The van der Waals surface area contributed by atoms with Gasteiger partial charge in [0.25, 0.3) is 0 Å². The minimum Gasteiger partial charge on any atom is -0.508 e. The molecule has 2 aromatic rings. The lowest BCUT2D eigenvalue weighted by molar-refractivity contribution is -0.118. The first-order valence-corrected chi connectivity index (χ1v) is 11.5. The van der Waals surface area contributed by atoms with Gasteiger partial charge in [0.15, 0.2) is 0 Å². The number of rotatable bonds is 13. The highest BCUT2D eigenvalue weighted by atomic mass is 32.2. The molecule has 0 aliphatic carbocycles. The summed E-state index contributed by atoms with van der Waals surface area (Å²) in [6.45, 7) is 6.50. The van der Waals surface area contributed by atoms with Crippen molar-refractivity contribution >= 4 is 23.9 Å². The van der Waals surface area contributed by atoms with E-state index in [4.69, 9.17) is 4.74 Å². The van der Waals surface area contributed by atoms with Crippen molar-refractivity contribution in [2.24, 2.45) is 0 Å². The number of benzene rings is 2. The molecular weight excluding hydrogens is 396 g/mol. The Morgan fingerprint density at radius 3 is 2.43 bits per heavy atom. The first-order valence-electron chi connectivity index (χ1n) is 10.5. The molecule has 2 rings (SSSR count). The maximum atomic E-state index is 11.2. The minimum atomic E-state index is 0.299. The summed E-state index contributed by atoms with van der Waals surface area (Å²) in [7, 11) is 3.69. The van der Waals surface area contributed by atoms with E-state index in [2.05, 4.69) is 43.1 Å².